The molecular weight excluding hydrogens is 388 g/mol. The summed E-state index contributed by atoms with van der Waals surface area (Å²) in [6.45, 7) is 6.01. The molecule has 29 heavy (non-hydrogen) atoms. The number of rotatable bonds is 7. The predicted molar refractivity (Wildman–Crippen MR) is 117 cm³/mol. The Bertz CT molecular complexity index is 1050. The molecule has 1 N–H and O–H groups in total. The lowest BCUT2D eigenvalue weighted by Crippen LogP contribution is -2.33. The first-order valence-electron chi connectivity index (χ1n) is 9.40. The molecule has 0 saturated carbocycles. The number of amides is 1. The van der Waals surface area contributed by atoms with Crippen molar-refractivity contribution in [1.29, 1.82) is 0 Å². The van der Waals surface area contributed by atoms with Crippen LogP contribution in [0.2, 0.25) is 5.02 Å². The maximum Gasteiger partial charge on any atom is 0.280 e. The quantitative estimate of drug-likeness (QED) is 0.434. The number of hydrazone groups is 1. The average molecular weight is 411 g/mol. The molecule has 0 spiro atoms. The van der Waals surface area contributed by atoms with E-state index in [9.17, 15) is 4.79 Å². The van der Waals surface area contributed by atoms with Gasteiger partial charge in [-0.15, -0.1) is 0 Å². The fourth-order valence-electron chi connectivity index (χ4n) is 2.93. The minimum absolute atomic E-state index is 0.353. The third kappa shape index (κ3) is 5.06. The minimum Gasteiger partial charge on any atom is -0.493 e. The topological polar surface area (TPSA) is 59.9 Å². The number of hydrogen-bond donors (Lipinski definition) is 1. The first-order chi connectivity index (χ1) is 14.0. The highest BCUT2D eigenvalue weighted by molar-refractivity contribution is 6.30. The van der Waals surface area contributed by atoms with Gasteiger partial charge >= 0.3 is 0 Å². The number of nitrogens with zero attached hydrogens (tertiary/aromatic N) is 1. The van der Waals surface area contributed by atoms with Crippen molar-refractivity contribution in [3.63, 3.8) is 0 Å². The molecule has 3 rings (SSSR count). The van der Waals surface area contributed by atoms with Gasteiger partial charge in [0.1, 0.15) is 11.5 Å². The van der Waals surface area contributed by atoms with Gasteiger partial charge in [-0.2, -0.15) is 5.10 Å². The second-order valence-corrected chi connectivity index (χ2v) is 6.97. The van der Waals surface area contributed by atoms with E-state index in [1.807, 2.05) is 50.2 Å². The van der Waals surface area contributed by atoms with Crippen molar-refractivity contribution in [3.05, 3.63) is 70.7 Å². The zero-order chi connectivity index (χ0) is 20.8. The molecule has 0 aliphatic rings. The molecule has 5 nitrogen and oxygen atoms in total. The van der Waals surface area contributed by atoms with Crippen molar-refractivity contribution in [3.8, 4) is 11.5 Å². The number of aryl methyl sites for hydroxylation is 1. The Morgan fingerprint density at radius 1 is 1.17 bits per heavy atom. The molecule has 1 atom stereocenters. The third-order valence-electron chi connectivity index (χ3n) is 4.41. The van der Waals surface area contributed by atoms with Crippen LogP contribution in [0.1, 0.15) is 25.0 Å². The summed E-state index contributed by atoms with van der Waals surface area (Å²) in [4.78, 5) is 12.4. The van der Waals surface area contributed by atoms with E-state index in [1.54, 1.807) is 31.3 Å². The highest BCUT2D eigenvalue weighted by atomic mass is 35.5. The Kier molecular flexibility index (Phi) is 6.73. The number of fused-ring (bicyclic) bond motifs is 1. The molecule has 0 bridgehead atoms. The molecule has 0 unspecified atom stereocenters. The van der Waals surface area contributed by atoms with Gasteiger partial charge < -0.3 is 9.47 Å². The number of hydrogen-bond acceptors (Lipinski definition) is 4. The maximum atomic E-state index is 12.4. The van der Waals surface area contributed by atoms with Gasteiger partial charge in [-0.1, -0.05) is 41.9 Å². The monoisotopic (exact) mass is 410 g/mol. The Balaban J connectivity index is 1.73. The zero-order valence-electron chi connectivity index (χ0n) is 16.6. The SMILES string of the molecule is CCOc1ccc2ccccc2c1/C=N/NC(=O)[C@H](C)Oc1ccc(Cl)cc1C. The van der Waals surface area contributed by atoms with Crippen LogP contribution in [0.15, 0.2) is 59.7 Å². The predicted octanol–water partition coefficient (Wildman–Crippen LogP) is 5.12. The van der Waals surface area contributed by atoms with Crippen LogP contribution in [-0.4, -0.2) is 24.8 Å². The van der Waals surface area contributed by atoms with Crippen LogP contribution >= 0.6 is 11.6 Å². The van der Waals surface area contributed by atoms with Gasteiger partial charge in [-0.25, -0.2) is 5.43 Å². The number of halogens is 1. The first-order valence-corrected chi connectivity index (χ1v) is 9.77. The Morgan fingerprint density at radius 2 is 1.93 bits per heavy atom. The molecule has 0 aliphatic heterocycles. The molecule has 6 heteroatoms. The van der Waals surface area contributed by atoms with Gasteiger partial charge in [-0.3, -0.25) is 4.79 Å². The fourth-order valence-corrected chi connectivity index (χ4v) is 3.16. The summed E-state index contributed by atoms with van der Waals surface area (Å²) in [5.41, 5.74) is 4.21. The van der Waals surface area contributed by atoms with Crippen LogP contribution in [0.3, 0.4) is 0 Å². The number of carbonyl (C=O) groups excluding carboxylic acids is 1. The fraction of sp³-hybridized carbons (Fsp3) is 0.217. The molecule has 0 heterocycles. The Labute approximate surface area is 175 Å². The summed E-state index contributed by atoms with van der Waals surface area (Å²) in [6.07, 6.45) is 0.886. The Hall–Kier alpha value is -3.05. The van der Waals surface area contributed by atoms with E-state index < -0.39 is 6.10 Å². The molecule has 0 radical (unpaired) electrons. The van der Waals surface area contributed by atoms with E-state index in [0.29, 0.717) is 23.1 Å². The van der Waals surface area contributed by atoms with E-state index in [4.69, 9.17) is 21.1 Å². The highest BCUT2D eigenvalue weighted by Crippen LogP contribution is 2.27. The molecule has 150 valence electrons. The summed E-state index contributed by atoms with van der Waals surface area (Å²) >= 11 is 5.96. The van der Waals surface area contributed by atoms with Gasteiger partial charge in [0.05, 0.1) is 12.8 Å². The van der Waals surface area contributed by atoms with E-state index in [1.165, 1.54) is 0 Å². The summed E-state index contributed by atoms with van der Waals surface area (Å²) in [5, 5.41) is 6.82. The summed E-state index contributed by atoms with van der Waals surface area (Å²) in [7, 11) is 0. The van der Waals surface area contributed by atoms with Gasteiger partial charge in [0, 0.05) is 10.6 Å². The lowest BCUT2D eigenvalue weighted by molar-refractivity contribution is -0.127. The number of ether oxygens (including phenoxy) is 2. The van der Waals surface area contributed by atoms with Crippen LogP contribution in [0.5, 0.6) is 11.5 Å². The van der Waals surface area contributed by atoms with E-state index in [-0.39, 0.29) is 5.91 Å². The first kappa shape index (κ1) is 20.7. The molecule has 0 fully saturated rings. The van der Waals surface area contributed by atoms with Crippen LogP contribution in [0.25, 0.3) is 10.8 Å². The Morgan fingerprint density at radius 3 is 2.69 bits per heavy atom. The summed E-state index contributed by atoms with van der Waals surface area (Å²) in [6, 6.07) is 17.1. The van der Waals surface area contributed by atoms with Crippen molar-refractivity contribution in [2.24, 2.45) is 5.10 Å². The molecule has 0 saturated heterocycles. The van der Waals surface area contributed by atoms with Crippen LogP contribution in [-0.2, 0) is 4.79 Å². The second-order valence-electron chi connectivity index (χ2n) is 6.54. The second kappa shape index (κ2) is 9.43. The van der Waals surface area contributed by atoms with Gasteiger partial charge in [-0.05, 0) is 61.4 Å². The van der Waals surface area contributed by atoms with Crippen molar-refractivity contribution >= 4 is 34.5 Å². The van der Waals surface area contributed by atoms with Crippen molar-refractivity contribution in [2.75, 3.05) is 6.61 Å². The van der Waals surface area contributed by atoms with Crippen LogP contribution in [0, 0.1) is 6.92 Å². The molecule has 0 aliphatic carbocycles. The lowest BCUT2D eigenvalue weighted by atomic mass is 10.0. The smallest absolute Gasteiger partial charge is 0.280 e. The number of carbonyl (C=O) groups is 1. The van der Waals surface area contributed by atoms with Gasteiger partial charge in [0.15, 0.2) is 6.10 Å². The van der Waals surface area contributed by atoms with E-state index >= 15 is 0 Å². The largest absolute Gasteiger partial charge is 0.493 e. The number of benzene rings is 3. The van der Waals surface area contributed by atoms with Gasteiger partial charge in [0.2, 0.25) is 0 Å². The normalized spacial score (nSPS) is 12.1. The van der Waals surface area contributed by atoms with Crippen LogP contribution < -0.4 is 14.9 Å². The lowest BCUT2D eigenvalue weighted by Gasteiger charge is -2.15. The number of nitrogens with one attached hydrogen (secondary N) is 1. The molecule has 3 aromatic carbocycles. The van der Waals surface area contributed by atoms with Crippen molar-refractivity contribution < 1.29 is 14.3 Å². The minimum atomic E-state index is -0.717. The molecule has 3 aromatic rings. The molecule has 0 aromatic heterocycles. The molecule has 1 amide bonds. The highest BCUT2D eigenvalue weighted by Gasteiger charge is 2.15. The maximum absolute atomic E-state index is 12.4. The third-order valence-corrected chi connectivity index (χ3v) is 4.64. The summed E-state index contributed by atoms with van der Waals surface area (Å²) < 4.78 is 11.4. The summed E-state index contributed by atoms with van der Waals surface area (Å²) in [5.74, 6) is 0.966. The van der Waals surface area contributed by atoms with E-state index in [0.717, 1.165) is 21.9 Å². The van der Waals surface area contributed by atoms with Crippen molar-refractivity contribution in [2.45, 2.75) is 26.9 Å². The zero-order valence-corrected chi connectivity index (χ0v) is 17.4. The standard InChI is InChI=1S/C23H23ClN2O3/c1-4-28-22-11-9-17-7-5-6-8-19(17)20(22)14-25-26-23(27)16(3)29-21-12-10-18(24)13-15(21)2/h5-14,16H,4H2,1-3H3,(H,26,27)/b25-14+/t16-/m0/s1. The van der Waals surface area contributed by atoms with Crippen LogP contribution in [0.4, 0.5) is 0 Å². The van der Waals surface area contributed by atoms with E-state index in [2.05, 4.69) is 10.5 Å². The average Bonchev–Trinajstić information content (AvgIpc) is 2.71. The van der Waals surface area contributed by atoms with Crippen molar-refractivity contribution in [1.82, 2.24) is 5.43 Å². The molecular formula is C23H23ClN2O3. The van der Waals surface area contributed by atoms with Gasteiger partial charge in [0.25, 0.3) is 5.91 Å².